The van der Waals surface area contributed by atoms with Crippen molar-refractivity contribution >= 4 is 11.8 Å². The zero-order valence-corrected chi connectivity index (χ0v) is 21.8. The number of aryl methyl sites for hydroxylation is 1. The number of hydrogen-bond acceptors (Lipinski definition) is 5. The third-order valence-electron chi connectivity index (χ3n) is 8.24. The summed E-state index contributed by atoms with van der Waals surface area (Å²) in [4.78, 5) is 30.5. The quantitative estimate of drug-likeness (QED) is 0.711. The number of benzene rings is 1. The maximum absolute atomic E-state index is 13.3. The summed E-state index contributed by atoms with van der Waals surface area (Å²) in [5.74, 6) is 1.26. The molecule has 4 rings (SSSR count). The molecule has 1 aromatic carbocycles. The highest BCUT2D eigenvalue weighted by Gasteiger charge is 2.41. The minimum Gasteiger partial charge on any atom is -0.491 e. The summed E-state index contributed by atoms with van der Waals surface area (Å²) in [6.07, 6.45) is 7.31. The lowest BCUT2D eigenvalue weighted by atomic mass is 9.73. The van der Waals surface area contributed by atoms with E-state index in [9.17, 15) is 9.59 Å². The van der Waals surface area contributed by atoms with Crippen molar-refractivity contribution in [2.24, 2.45) is 5.41 Å². The highest BCUT2D eigenvalue weighted by Crippen LogP contribution is 2.38. The van der Waals surface area contributed by atoms with E-state index in [4.69, 9.17) is 9.47 Å². The van der Waals surface area contributed by atoms with Crippen LogP contribution in [0, 0.1) is 5.41 Å². The second kappa shape index (κ2) is 11.3. The molecule has 3 heterocycles. The molecule has 2 saturated heterocycles. The normalized spacial score (nSPS) is 25.3. The lowest BCUT2D eigenvalue weighted by Gasteiger charge is -2.42. The van der Waals surface area contributed by atoms with E-state index in [1.807, 2.05) is 24.1 Å². The van der Waals surface area contributed by atoms with Crippen LogP contribution in [-0.2, 0) is 20.7 Å². The lowest BCUT2D eigenvalue weighted by molar-refractivity contribution is -0.140. The number of piperidine rings is 1. The number of nitrogens with one attached hydrogen (secondary N) is 1. The summed E-state index contributed by atoms with van der Waals surface area (Å²) >= 11 is 0. The third kappa shape index (κ3) is 6.56. The van der Waals surface area contributed by atoms with Crippen LogP contribution in [0.25, 0.3) is 0 Å². The smallest absolute Gasteiger partial charge is 0.236 e. The molecule has 3 aliphatic heterocycles. The molecule has 2 fully saturated rings. The Morgan fingerprint density at radius 1 is 1.14 bits per heavy atom. The molecule has 0 aliphatic carbocycles. The van der Waals surface area contributed by atoms with E-state index in [-0.39, 0.29) is 28.9 Å². The second-order valence-electron chi connectivity index (χ2n) is 11.2. The Morgan fingerprint density at radius 2 is 1.91 bits per heavy atom. The van der Waals surface area contributed by atoms with Gasteiger partial charge >= 0.3 is 0 Å². The van der Waals surface area contributed by atoms with Crippen LogP contribution in [-0.4, -0.2) is 79.7 Å². The first-order valence-corrected chi connectivity index (χ1v) is 13.4. The number of ether oxygens (including phenoxy) is 2. The fourth-order valence-corrected chi connectivity index (χ4v) is 5.91. The average molecular weight is 486 g/mol. The lowest BCUT2D eigenvalue weighted by Crippen LogP contribution is -2.53. The van der Waals surface area contributed by atoms with Crippen molar-refractivity contribution in [2.75, 3.05) is 46.4 Å². The number of fused-ring (bicyclic) bond motifs is 1. The van der Waals surface area contributed by atoms with Gasteiger partial charge in [0.1, 0.15) is 12.4 Å². The first-order valence-electron chi connectivity index (χ1n) is 13.4. The predicted molar refractivity (Wildman–Crippen MR) is 136 cm³/mol. The zero-order chi connectivity index (χ0) is 24.9. The number of carbonyl (C=O) groups is 2. The van der Waals surface area contributed by atoms with Crippen molar-refractivity contribution in [3.05, 3.63) is 29.8 Å². The Balaban J connectivity index is 1.31. The highest BCUT2D eigenvalue weighted by molar-refractivity contribution is 5.83. The van der Waals surface area contributed by atoms with Gasteiger partial charge in [0, 0.05) is 19.7 Å². The molecule has 1 atom stereocenters. The monoisotopic (exact) mass is 485 g/mol. The van der Waals surface area contributed by atoms with Gasteiger partial charge in [-0.25, -0.2) is 0 Å². The van der Waals surface area contributed by atoms with E-state index in [0.717, 1.165) is 70.2 Å². The van der Waals surface area contributed by atoms with Crippen LogP contribution in [0.3, 0.4) is 0 Å². The zero-order valence-electron chi connectivity index (χ0n) is 21.8. The topological polar surface area (TPSA) is 71.1 Å². The minimum absolute atomic E-state index is 0.155. The molecule has 7 heteroatoms. The number of carbonyl (C=O) groups excluding carboxylic acids is 2. The van der Waals surface area contributed by atoms with Crippen LogP contribution in [0.4, 0.5) is 0 Å². The number of nitrogens with zero attached hydrogens (tertiary/aromatic N) is 2. The molecule has 1 unspecified atom stereocenters. The van der Waals surface area contributed by atoms with Gasteiger partial charge in [0.2, 0.25) is 11.8 Å². The van der Waals surface area contributed by atoms with Crippen molar-refractivity contribution in [1.82, 2.24) is 15.1 Å². The Labute approximate surface area is 210 Å². The molecule has 0 bridgehead atoms. The Hall–Kier alpha value is -2.12. The van der Waals surface area contributed by atoms with Crippen molar-refractivity contribution in [1.29, 1.82) is 0 Å². The van der Waals surface area contributed by atoms with E-state index < -0.39 is 0 Å². The van der Waals surface area contributed by atoms with E-state index in [0.29, 0.717) is 26.3 Å². The van der Waals surface area contributed by atoms with Gasteiger partial charge in [0.05, 0.1) is 24.1 Å². The molecule has 0 aromatic heterocycles. The van der Waals surface area contributed by atoms with Gasteiger partial charge in [0.15, 0.2) is 0 Å². The summed E-state index contributed by atoms with van der Waals surface area (Å²) in [6.45, 7) is 7.89. The molecular weight excluding hydrogens is 442 g/mol. The SMILES string of the molecule is CN(C(=O)CN1CCC2(CCCCc3ccccc3OCCNC2=O)CC1)C1CCOC(C)(C)C1. The fraction of sp³-hybridized carbons (Fsp3) is 0.714. The molecule has 2 amide bonds. The summed E-state index contributed by atoms with van der Waals surface area (Å²) < 4.78 is 11.8. The van der Waals surface area contributed by atoms with Gasteiger partial charge in [-0.05, 0) is 83.5 Å². The van der Waals surface area contributed by atoms with E-state index in [1.54, 1.807) is 0 Å². The Kier molecular flexibility index (Phi) is 8.38. The van der Waals surface area contributed by atoms with Crippen LogP contribution >= 0.6 is 0 Å². The molecule has 3 aliphatic rings. The van der Waals surface area contributed by atoms with Gasteiger partial charge < -0.3 is 19.7 Å². The molecule has 7 nitrogen and oxygen atoms in total. The molecular formula is C28H43N3O4. The maximum atomic E-state index is 13.3. The van der Waals surface area contributed by atoms with Gasteiger partial charge in [-0.15, -0.1) is 0 Å². The number of amides is 2. The van der Waals surface area contributed by atoms with E-state index >= 15 is 0 Å². The van der Waals surface area contributed by atoms with Crippen LogP contribution in [0.1, 0.15) is 64.4 Å². The van der Waals surface area contributed by atoms with Crippen molar-refractivity contribution in [3.63, 3.8) is 0 Å². The van der Waals surface area contributed by atoms with Crippen molar-refractivity contribution < 1.29 is 19.1 Å². The number of likely N-dealkylation sites (N-methyl/N-ethyl adjacent to an activating group) is 1. The van der Waals surface area contributed by atoms with Crippen LogP contribution in [0.5, 0.6) is 5.75 Å². The number of para-hydroxylation sites is 1. The van der Waals surface area contributed by atoms with E-state index in [2.05, 4.69) is 36.2 Å². The first kappa shape index (κ1) is 26.0. The highest BCUT2D eigenvalue weighted by atomic mass is 16.5. The number of rotatable bonds is 3. The van der Waals surface area contributed by atoms with Crippen LogP contribution < -0.4 is 10.1 Å². The van der Waals surface area contributed by atoms with E-state index in [1.165, 1.54) is 5.56 Å². The molecule has 0 saturated carbocycles. The van der Waals surface area contributed by atoms with Gasteiger partial charge in [-0.3, -0.25) is 14.5 Å². The van der Waals surface area contributed by atoms with Crippen LogP contribution in [0.15, 0.2) is 24.3 Å². The maximum Gasteiger partial charge on any atom is 0.236 e. The third-order valence-corrected chi connectivity index (χ3v) is 8.24. The van der Waals surface area contributed by atoms with Crippen LogP contribution in [0.2, 0.25) is 0 Å². The van der Waals surface area contributed by atoms with Crippen molar-refractivity contribution in [2.45, 2.75) is 76.9 Å². The molecule has 0 radical (unpaired) electrons. The summed E-state index contributed by atoms with van der Waals surface area (Å²) in [5.41, 5.74) is 0.733. The van der Waals surface area contributed by atoms with Gasteiger partial charge in [-0.1, -0.05) is 24.6 Å². The average Bonchev–Trinajstić information content (AvgIpc) is 2.84. The molecule has 35 heavy (non-hydrogen) atoms. The molecule has 1 aromatic rings. The van der Waals surface area contributed by atoms with Gasteiger partial charge in [0.25, 0.3) is 0 Å². The number of likely N-dealkylation sites (tertiary alicyclic amines) is 1. The Bertz CT molecular complexity index is 879. The molecule has 194 valence electrons. The Morgan fingerprint density at radius 3 is 2.69 bits per heavy atom. The fourth-order valence-electron chi connectivity index (χ4n) is 5.91. The minimum atomic E-state index is -0.338. The molecule has 1 spiro atoms. The summed E-state index contributed by atoms with van der Waals surface area (Å²) in [5, 5.41) is 3.15. The largest absolute Gasteiger partial charge is 0.491 e. The second-order valence-corrected chi connectivity index (χ2v) is 11.2. The van der Waals surface area contributed by atoms with Crippen molar-refractivity contribution in [3.8, 4) is 5.75 Å². The predicted octanol–water partition coefficient (Wildman–Crippen LogP) is 3.41. The number of hydrogen-bond donors (Lipinski definition) is 1. The summed E-state index contributed by atoms with van der Waals surface area (Å²) in [7, 11) is 1.93. The summed E-state index contributed by atoms with van der Waals surface area (Å²) in [6, 6.07) is 8.45. The first-order chi connectivity index (χ1) is 16.8. The standard InChI is InChI=1S/C28H43N3O4/c1-27(2)20-23(11-18-35-27)30(3)25(32)21-31-16-13-28(14-17-31)12-7-6-9-22-8-4-5-10-24(22)34-19-15-29-26(28)33/h4-5,8,10,23H,6-7,9,11-21H2,1-3H3,(H,29,33). The molecule has 1 N–H and O–H groups in total. The van der Waals surface area contributed by atoms with Gasteiger partial charge in [-0.2, -0.15) is 0 Å².